The number of benzene rings is 2. The van der Waals surface area contributed by atoms with Crippen molar-refractivity contribution in [3.63, 3.8) is 0 Å². The zero-order chi connectivity index (χ0) is 17.1. The molecule has 0 unspecified atom stereocenters. The molecule has 122 valence electrons. The first-order valence-corrected chi connectivity index (χ1v) is 7.98. The van der Waals surface area contributed by atoms with Gasteiger partial charge < -0.3 is 9.64 Å². The summed E-state index contributed by atoms with van der Waals surface area (Å²) in [5.41, 5.74) is 3.19. The number of β-lactam (4-membered cyclic amide) rings is 1. The molecule has 0 N–H and O–H groups in total. The molecule has 1 aliphatic rings. The van der Waals surface area contributed by atoms with E-state index in [4.69, 9.17) is 4.74 Å². The van der Waals surface area contributed by atoms with E-state index < -0.39 is 0 Å². The Balaban J connectivity index is 1.97. The minimum atomic E-state index is -0.169. The van der Waals surface area contributed by atoms with Crippen LogP contribution >= 0.6 is 0 Å². The fraction of sp³-hybridized carbons (Fsp3) is 0.190. The average molecular weight is 319 g/mol. The smallest absolute Gasteiger partial charge is 0.236 e. The Bertz CT molecular complexity index is 759. The first kappa shape index (κ1) is 16.1. The Morgan fingerprint density at radius 1 is 1.08 bits per heavy atom. The number of carbonyl (C=O) groups excluding carboxylic acids is 1. The molecule has 0 radical (unpaired) electrons. The number of carbonyl (C=O) groups is 1. The largest absolute Gasteiger partial charge is 0.497 e. The molecule has 0 saturated carbocycles. The van der Waals surface area contributed by atoms with Gasteiger partial charge in [-0.15, -0.1) is 0 Å². The van der Waals surface area contributed by atoms with Crippen LogP contribution in [0.3, 0.4) is 0 Å². The number of ether oxygens (including phenoxy) is 1. The van der Waals surface area contributed by atoms with E-state index >= 15 is 0 Å². The van der Waals surface area contributed by atoms with Crippen LogP contribution in [0.4, 0.5) is 5.69 Å². The van der Waals surface area contributed by atoms with Crippen molar-refractivity contribution in [3.8, 4) is 5.75 Å². The molecule has 0 spiro atoms. The second-order valence-corrected chi connectivity index (χ2v) is 5.91. The average Bonchev–Trinajstić information content (AvgIpc) is 2.61. The molecule has 0 aromatic heterocycles. The lowest BCUT2D eigenvalue weighted by molar-refractivity contribution is -0.128. The molecule has 1 saturated heterocycles. The lowest BCUT2D eigenvalue weighted by atomic mass is 9.81. The molecule has 1 fully saturated rings. The predicted octanol–water partition coefficient (Wildman–Crippen LogP) is 4.45. The highest BCUT2D eigenvalue weighted by atomic mass is 16.5. The Labute approximate surface area is 142 Å². The van der Waals surface area contributed by atoms with Gasteiger partial charge >= 0.3 is 0 Å². The van der Waals surface area contributed by atoms with Crippen LogP contribution in [-0.4, -0.2) is 13.0 Å². The molecule has 2 atom stereocenters. The van der Waals surface area contributed by atoms with Gasteiger partial charge in [0.25, 0.3) is 0 Å². The lowest BCUT2D eigenvalue weighted by Gasteiger charge is -2.46. The van der Waals surface area contributed by atoms with Crippen molar-refractivity contribution in [2.45, 2.75) is 13.0 Å². The number of aryl methyl sites for hydroxylation is 1. The van der Waals surface area contributed by atoms with Gasteiger partial charge in [0.15, 0.2) is 0 Å². The quantitative estimate of drug-likeness (QED) is 0.602. The molecular formula is C21H21NO2. The Hall–Kier alpha value is -2.81. The summed E-state index contributed by atoms with van der Waals surface area (Å²) in [5, 5.41) is 0. The van der Waals surface area contributed by atoms with Gasteiger partial charge in [-0.3, -0.25) is 4.79 Å². The highest BCUT2D eigenvalue weighted by Gasteiger charge is 2.47. The summed E-state index contributed by atoms with van der Waals surface area (Å²) in [7, 11) is 1.65. The first-order chi connectivity index (χ1) is 11.7. The van der Waals surface area contributed by atoms with Gasteiger partial charge in [0, 0.05) is 5.69 Å². The minimum Gasteiger partial charge on any atom is -0.497 e. The third-order valence-corrected chi connectivity index (χ3v) is 4.36. The zero-order valence-electron chi connectivity index (χ0n) is 14.0. The van der Waals surface area contributed by atoms with E-state index in [2.05, 4.69) is 6.58 Å². The maximum atomic E-state index is 12.7. The van der Waals surface area contributed by atoms with Crippen LogP contribution < -0.4 is 9.64 Å². The van der Waals surface area contributed by atoms with Crippen molar-refractivity contribution in [1.29, 1.82) is 0 Å². The summed E-state index contributed by atoms with van der Waals surface area (Å²) < 4.78 is 5.23. The Morgan fingerprint density at radius 3 is 2.33 bits per heavy atom. The molecule has 3 nitrogen and oxygen atoms in total. The fourth-order valence-corrected chi connectivity index (χ4v) is 3.05. The van der Waals surface area contributed by atoms with Gasteiger partial charge in [-0.2, -0.15) is 0 Å². The third kappa shape index (κ3) is 2.85. The topological polar surface area (TPSA) is 29.5 Å². The highest BCUT2D eigenvalue weighted by Crippen LogP contribution is 2.44. The van der Waals surface area contributed by atoms with Crippen LogP contribution in [0.5, 0.6) is 5.75 Å². The van der Waals surface area contributed by atoms with Crippen LogP contribution in [0, 0.1) is 12.8 Å². The molecule has 1 heterocycles. The zero-order valence-corrected chi connectivity index (χ0v) is 14.0. The maximum absolute atomic E-state index is 12.7. The third-order valence-electron chi connectivity index (χ3n) is 4.36. The van der Waals surface area contributed by atoms with Crippen LogP contribution in [0.15, 0.2) is 73.3 Å². The SMILES string of the molecule is C=C/C=C/[C@@H]1C(=O)N(c2ccc(C)cc2)[C@H]1c1ccc(OC)cc1. The number of rotatable bonds is 5. The van der Waals surface area contributed by atoms with Crippen molar-refractivity contribution in [1.82, 2.24) is 0 Å². The predicted molar refractivity (Wildman–Crippen MR) is 97.2 cm³/mol. The van der Waals surface area contributed by atoms with Crippen molar-refractivity contribution in [3.05, 3.63) is 84.5 Å². The van der Waals surface area contributed by atoms with Gasteiger partial charge in [0.2, 0.25) is 5.91 Å². The van der Waals surface area contributed by atoms with E-state index in [1.54, 1.807) is 13.2 Å². The van der Waals surface area contributed by atoms with E-state index in [-0.39, 0.29) is 17.9 Å². The normalized spacial score (nSPS) is 20.1. The van der Waals surface area contributed by atoms with Crippen LogP contribution in [-0.2, 0) is 4.79 Å². The molecule has 24 heavy (non-hydrogen) atoms. The fourth-order valence-electron chi connectivity index (χ4n) is 3.05. The van der Waals surface area contributed by atoms with Gasteiger partial charge in [-0.1, -0.05) is 54.6 Å². The van der Waals surface area contributed by atoms with Crippen LogP contribution in [0.25, 0.3) is 0 Å². The van der Waals surface area contributed by atoms with Crippen molar-refractivity contribution in [2.24, 2.45) is 5.92 Å². The second kappa shape index (κ2) is 6.75. The molecule has 3 heteroatoms. The molecule has 3 rings (SSSR count). The maximum Gasteiger partial charge on any atom is 0.236 e. The molecule has 2 aromatic rings. The molecule has 0 bridgehead atoms. The summed E-state index contributed by atoms with van der Waals surface area (Å²) in [5.74, 6) is 0.750. The number of hydrogen-bond acceptors (Lipinski definition) is 2. The van der Waals surface area contributed by atoms with Crippen molar-refractivity contribution >= 4 is 11.6 Å². The number of nitrogens with zero attached hydrogens (tertiary/aromatic N) is 1. The van der Waals surface area contributed by atoms with E-state index in [1.165, 1.54) is 5.56 Å². The van der Waals surface area contributed by atoms with Gasteiger partial charge in [-0.25, -0.2) is 0 Å². The number of anilines is 1. The summed E-state index contributed by atoms with van der Waals surface area (Å²) in [6.07, 6.45) is 5.47. The second-order valence-electron chi connectivity index (χ2n) is 5.91. The van der Waals surface area contributed by atoms with E-state index in [1.807, 2.05) is 72.5 Å². The molecule has 1 amide bonds. The summed E-state index contributed by atoms with van der Waals surface area (Å²) in [4.78, 5) is 14.5. The molecular weight excluding hydrogens is 298 g/mol. The van der Waals surface area contributed by atoms with E-state index in [0.29, 0.717) is 0 Å². The Morgan fingerprint density at radius 2 is 1.75 bits per heavy atom. The molecule has 0 aliphatic carbocycles. The molecule has 1 aliphatic heterocycles. The standard InChI is InChI=1S/C21H21NO2/c1-4-5-6-19-20(16-9-13-18(24-3)14-10-16)22(21(19)23)17-11-7-15(2)8-12-17/h4-14,19-20H,1H2,2-3H3/b6-5+/t19-,20-/m0/s1. The number of methoxy groups -OCH3 is 1. The summed E-state index contributed by atoms with van der Waals surface area (Å²) in [6.45, 7) is 5.74. The van der Waals surface area contributed by atoms with Crippen LogP contribution in [0.1, 0.15) is 17.2 Å². The number of amides is 1. The first-order valence-electron chi connectivity index (χ1n) is 7.98. The summed E-state index contributed by atoms with van der Waals surface area (Å²) >= 11 is 0. The van der Waals surface area contributed by atoms with E-state index in [9.17, 15) is 4.79 Å². The Kier molecular flexibility index (Phi) is 4.52. The minimum absolute atomic E-state index is 0.0117. The number of hydrogen-bond donors (Lipinski definition) is 0. The monoisotopic (exact) mass is 319 g/mol. The highest BCUT2D eigenvalue weighted by molar-refractivity contribution is 6.04. The number of allylic oxidation sites excluding steroid dienone is 2. The van der Waals surface area contributed by atoms with Crippen molar-refractivity contribution < 1.29 is 9.53 Å². The van der Waals surface area contributed by atoms with Gasteiger partial charge in [0.1, 0.15) is 5.75 Å². The lowest BCUT2D eigenvalue weighted by Crippen LogP contribution is -2.54. The van der Waals surface area contributed by atoms with Gasteiger partial charge in [0.05, 0.1) is 19.1 Å². The van der Waals surface area contributed by atoms with Crippen molar-refractivity contribution in [2.75, 3.05) is 12.0 Å². The molecule has 2 aromatic carbocycles. The van der Waals surface area contributed by atoms with Gasteiger partial charge in [-0.05, 0) is 36.8 Å². The summed E-state index contributed by atoms with van der Waals surface area (Å²) in [6, 6.07) is 15.9. The van der Waals surface area contributed by atoms with E-state index in [0.717, 1.165) is 17.0 Å². The van der Waals surface area contributed by atoms with Crippen LogP contribution in [0.2, 0.25) is 0 Å².